The topological polar surface area (TPSA) is 348 Å². The minimum Gasteiger partial charge on any atom is -0.481 e. The summed E-state index contributed by atoms with van der Waals surface area (Å²) in [6.45, 7) is -0.688. The molecule has 32 heavy (non-hydrogen) atoms. The van der Waals surface area contributed by atoms with Gasteiger partial charge in [-0.05, 0) is 0 Å². The Bertz CT molecular complexity index is 730. The molecule has 0 saturated carbocycles. The van der Waals surface area contributed by atoms with Gasteiger partial charge in [0.1, 0.15) is 35.9 Å². The molecule has 4 atom stereocenters. The molecule has 0 aliphatic carbocycles. The molecular formula is C13H25N4O14P. The summed E-state index contributed by atoms with van der Waals surface area (Å²) in [4.78, 5) is 67.1. The molecule has 14 N–H and O–H groups in total. The van der Waals surface area contributed by atoms with Crippen molar-refractivity contribution >= 4 is 38.3 Å². The number of carboxylic acids is 2. The Kier molecular flexibility index (Phi) is 18.6. The number of anilines is 1. The zero-order valence-corrected chi connectivity index (χ0v) is 17.0. The molecule has 1 aromatic rings. The van der Waals surface area contributed by atoms with Crippen LogP contribution in [0.1, 0.15) is 18.2 Å². The maximum Gasteiger partial charge on any atom is 0.466 e. The van der Waals surface area contributed by atoms with E-state index in [2.05, 4.69) is 15.7 Å². The number of aldehydes is 1. The third kappa shape index (κ3) is 20.3. The monoisotopic (exact) mass is 492 g/mol. The molecule has 0 bridgehead atoms. The Labute approximate surface area is 179 Å². The van der Waals surface area contributed by atoms with Gasteiger partial charge in [0.05, 0.1) is 13.0 Å². The first kappa shape index (κ1) is 33.7. The van der Waals surface area contributed by atoms with Crippen LogP contribution in [-0.4, -0.2) is 105 Å². The minimum absolute atomic E-state index is 0.0531. The van der Waals surface area contributed by atoms with E-state index < -0.39 is 57.0 Å². The summed E-state index contributed by atoms with van der Waals surface area (Å²) in [5.41, 5.74) is 9.43. The number of carbonyl (C=O) groups is 4. The lowest BCUT2D eigenvalue weighted by Crippen LogP contribution is -2.40. The number of phosphoric acid groups is 1. The molecule has 0 aliphatic heterocycles. The van der Waals surface area contributed by atoms with E-state index in [0.29, 0.717) is 0 Å². The van der Waals surface area contributed by atoms with E-state index in [-0.39, 0.29) is 24.3 Å². The Balaban J connectivity index is -0.000000407. The third-order valence-electron chi connectivity index (χ3n) is 2.70. The van der Waals surface area contributed by atoms with Crippen LogP contribution in [0.4, 0.5) is 5.82 Å². The van der Waals surface area contributed by atoms with Gasteiger partial charge in [-0.1, -0.05) is 0 Å². The fourth-order valence-electron chi connectivity index (χ4n) is 1.42. The molecule has 1 rings (SSSR count). The normalized spacial score (nSPS) is 13.7. The molecule has 186 valence electrons. The third-order valence-corrected chi connectivity index (χ3v) is 2.70. The number of nitrogens with one attached hydrogen (secondary N) is 1. The summed E-state index contributed by atoms with van der Waals surface area (Å²) in [7, 11) is -4.64. The number of aliphatic hydroxyl groups is 4. The lowest BCUT2D eigenvalue weighted by Gasteiger charge is -2.16. The molecule has 0 fully saturated rings. The number of aliphatic hydroxyl groups excluding tert-OH is 4. The number of carboxylic acid groups (broad SMARTS) is 2. The van der Waals surface area contributed by atoms with Crippen LogP contribution in [0.5, 0.6) is 0 Å². The smallest absolute Gasteiger partial charge is 0.466 e. The predicted octanol–water partition coefficient (Wildman–Crippen LogP) is -4.93. The number of H-pyrrole nitrogens is 1. The molecule has 1 aromatic heterocycles. The van der Waals surface area contributed by atoms with Gasteiger partial charge in [0.25, 0.3) is 0 Å². The number of aromatic amines is 1. The van der Waals surface area contributed by atoms with Crippen LogP contribution in [-0.2, 0) is 23.7 Å². The number of aromatic nitrogens is 2. The van der Waals surface area contributed by atoms with Gasteiger partial charge < -0.3 is 66.6 Å². The second kappa shape index (κ2) is 17.7. The Morgan fingerprint density at radius 2 is 1.59 bits per heavy atom. The van der Waals surface area contributed by atoms with Crippen molar-refractivity contribution in [3.63, 3.8) is 0 Å². The van der Waals surface area contributed by atoms with Gasteiger partial charge in [0, 0.05) is 6.20 Å². The summed E-state index contributed by atoms with van der Waals surface area (Å²) in [6.07, 6.45) is -3.59. The zero-order chi connectivity index (χ0) is 26.1. The lowest BCUT2D eigenvalue weighted by molar-refractivity contribution is -0.145. The number of aliphatic carboxylic acids is 2. The van der Waals surface area contributed by atoms with Crippen LogP contribution in [0, 0.1) is 0 Å². The number of nitrogens with two attached hydrogens (primary N) is 2. The van der Waals surface area contributed by atoms with E-state index in [0.717, 1.165) is 0 Å². The number of nitrogens with zero attached hydrogens (tertiary/aromatic N) is 1. The summed E-state index contributed by atoms with van der Waals surface area (Å²) >= 11 is 0. The van der Waals surface area contributed by atoms with E-state index in [1.54, 1.807) is 0 Å². The van der Waals surface area contributed by atoms with Crippen LogP contribution in [0.2, 0.25) is 0 Å². The maximum absolute atomic E-state index is 10.7. The molecule has 0 radical (unpaired) electrons. The predicted molar refractivity (Wildman–Crippen MR) is 101 cm³/mol. The summed E-state index contributed by atoms with van der Waals surface area (Å²) < 4.78 is 8.88. The van der Waals surface area contributed by atoms with Gasteiger partial charge in [-0.3, -0.25) is 14.4 Å². The number of carbonyl (C=O) groups excluding carboxylic acids is 2. The van der Waals surface area contributed by atoms with Crippen molar-refractivity contribution in [3.05, 3.63) is 12.0 Å². The maximum atomic E-state index is 10.7. The SMILES string of the molecule is NC=O.Nc1c[nH]c(C(CC(=O)O)C(=O)O)n1.O=CC(O)C(O)C(O)CO.O=P(O)(O)O. The largest absolute Gasteiger partial charge is 0.481 e. The molecular weight excluding hydrogens is 467 g/mol. The second-order valence-electron chi connectivity index (χ2n) is 5.22. The number of hydrogen-bond donors (Lipinski definition) is 12. The Morgan fingerprint density at radius 1 is 1.16 bits per heavy atom. The standard InChI is InChI=1S/C7H9N3O4.C5H10O5.CH3NO.H3O4P/c8-4-2-9-6(10-4)3(7(13)14)1-5(11)12;6-1-3(8)5(10)4(9)2-7;2-1-3;1-5(2,3)4/h2-3H,1,8H2,(H,9,10)(H,11,12)(H,13,14);1,3-5,7-10H,2H2;1H,(H2,2,3);(H3,1,2,3,4). The van der Waals surface area contributed by atoms with E-state index in [1.807, 2.05) is 0 Å². The van der Waals surface area contributed by atoms with Crippen LogP contribution < -0.4 is 11.5 Å². The zero-order valence-electron chi connectivity index (χ0n) is 16.1. The van der Waals surface area contributed by atoms with Crippen molar-refractivity contribution in [1.29, 1.82) is 0 Å². The molecule has 18 nitrogen and oxygen atoms in total. The van der Waals surface area contributed by atoms with Crippen LogP contribution in [0.3, 0.4) is 0 Å². The average molecular weight is 492 g/mol. The minimum atomic E-state index is -4.64. The first-order chi connectivity index (χ1) is 14.5. The first-order valence-corrected chi connectivity index (χ1v) is 9.41. The quantitative estimate of drug-likeness (QED) is 0.119. The van der Waals surface area contributed by atoms with Crippen LogP contribution in [0.25, 0.3) is 0 Å². The van der Waals surface area contributed by atoms with E-state index >= 15 is 0 Å². The molecule has 19 heteroatoms. The molecule has 0 aromatic carbocycles. The molecule has 0 saturated heterocycles. The van der Waals surface area contributed by atoms with Crippen molar-refractivity contribution in [2.75, 3.05) is 12.3 Å². The number of primary amides is 1. The number of rotatable bonds is 8. The van der Waals surface area contributed by atoms with Crippen LogP contribution >= 0.6 is 7.82 Å². The number of hydrogen-bond acceptors (Lipinski definition) is 11. The van der Waals surface area contributed by atoms with Gasteiger partial charge in [0.2, 0.25) is 6.41 Å². The molecule has 4 unspecified atom stereocenters. The van der Waals surface area contributed by atoms with Gasteiger partial charge in [0.15, 0.2) is 6.29 Å². The van der Waals surface area contributed by atoms with Crippen molar-refractivity contribution in [2.24, 2.45) is 5.73 Å². The van der Waals surface area contributed by atoms with Crippen molar-refractivity contribution in [1.82, 2.24) is 9.97 Å². The van der Waals surface area contributed by atoms with Crippen LogP contribution in [0.15, 0.2) is 6.20 Å². The molecule has 1 heterocycles. The van der Waals surface area contributed by atoms with E-state index in [4.69, 9.17) is 60.4 Å². The van der Waals surface area contributed by atoms with E-state index in [9.17, 15) is 14.4 Å². The number of imidazole rings is 1. The summed E-state index contributed by atoms with van der Waals surface area (Å²) in [5.74, 6) is -3.45. The van der Waals surface area contributed by atoms with Gasteiger partial charge in [-0.15, -0.1) is 0 Å². The molecule has 0 aliphatic rings. The first-order valence-electron chi connectivity index (χ1n) is 7.84. The fraction of sp³-hybridized carbons (Fsp3) is 0.462. The van der Waals surface area contributed by atoms with Crippen molar-refractivity contribution in [3.8, 4) is 0 Å². The van der Waals surface area contributed by atoms with E-state index in [1.165, 1.54) is 6.20 Å². The molecule has 0 spiro atoms. The Hall–Kier alpha value is -2.96. The average Bonchev–Trinajstić information content (AvgIpc) is 3.09. The van der Waals surface area contributed by atoms with Gasteiger partial charge in [-0.25, -0.2) is 9.55 Å². The highest BCUT2D eigenvalue weighted by molar-refractivity contribution is 7.45. The number of amides is 1. The Morgan fingerprint density at radius 3 is 1.84 bits per heavy atom. The highest BCUT2D eigenvalue weighted by Crippen LogP contribution is 2.25. The highest BCUT2D eigenvalue weighted by Gasteiger charge is 2.25. The van der Waals surface area contributed by atoms with Gasteiger partial charge in [-0.2, -0.15) is 0 Å². The number of nitrogen functional groups attached to an aromatic ring is 1. The second-order valence-corrected chi connectivity index (χ2v) is 6.24. The summed E-state index contributed by atoms with van der Waals surface area (Å²) in [6, 6.07) is 0. The highest BCUT2D eigenvalue weighted by atomic mass is 31.2. The van der Waals surface area contributed by atoms with Gasteiger partial charge >= 0.3 is 19.8 Å². The fourth-order valence-corrected chi connectivity index (χ4v) is 1.42. The van der Waals surface area contributed by atoms with Crippen molar-refractivity contribution in [2.45, 2.75) is 30.7 Å². The lowest BCUT2D eigenvalue weighted by atomic mass is 10.1. The molecule has 1 amide bonds. The summed E-state index contributed by atoms with van der Waals surface area (Å²) in [5, 5.41) is 51.2. The van der Waals surface area contributed by atoms with Crippen molar-refractivity contribution < 1.29 is 69.1 Å².